The molecule has 12 nitrogen and oxygen atoms in total. The summed E-state index contributed by atoms with van der Waals surface area (Å²) in [6.07, 6.45) is 6.74. The molecule has 2 N–H and O–H groups in total. The van der Waals surface area contributed by atoms with E-state index in [0.29, 0.717) is 36.0 Å². The first kappa shape index (κ1) is 31.7. The Bertz CT molecular complexity index is 1730. The van der Waals surface area contributed by atoms with Gasteiger partial charge < -0.3 is 20.1 Å². The van der Waals surface area contributed by atoms with Crippen LogP contribution in [-0.2, 0) is 11.3 Å². The number of likely N-dealkylation sites (tertiary alicyclic amines) is 2. The molecule has 2 aliphatic rings. The summed E-state index contributed by atoms with van der Waals surface area (Å²) in [6, 6.07) is 9.30. The summed E-state index contributed by atoms with van der Waals surface area (Å²) in [6.45, 7) is 3.66. The van der Waals surface area contributed by atoms with Gasteiger partial charge in [0.1, 0.15) is 18.0 Å². The molecule has 1 atom stereocenters. The highest BCUT2D eigenvalue weighted by Crippen LogP contribution is 2.39. The highest BCUT2D eigenvalue weighted by atomic mass is 32.2. The molecule has 5 heterocycles. The van der Waals surface area contributed by atoms with E-state index in [9.17, 15) is 18.7 Å². The van der Waals surface area contributed by atoms with Gasteiger partial charge in [0.15, 0.2) is 11.9 Å². The quantitative estimate of drug-likeness (QED) is 0.179. The molecule has 2 saturated heterocycles. The van der Waals surface area contributed by atoms with Crippen LogP contribution in [0.3, 0.4) is 0 Å². The Balaban J connectivity index is 1.27. The van der Waals surface area contributed by atoms with Crippen molar-refractivity contribution in [3.8, 4) is 23.1 Å². The van der Waals surface area contributed by atoms with E-state index in [0.717, 1.165) is 30.8 Å². The second-order valence-corrected chi connectivity index (χ2v) is 13.4. The third kappa shape index (κ3) is 6.93. The number of anilines is 1. The van der Waals surface area contributed by atoms with Gasteiger partial charge in [-0.1, -0.05) is 13.8 Å². The van der Waals surface area contributed by atoms with Crippen LogP contribution < -0.4 is 10.1 Å². The fraction of sp³-hybridized carbons (Fsp3) is 0.452. The second kappa shape index (κ2) is 13.6. The zero-order valence-corrected chi connectivity index (χ0v) is 26.3. The number of piperidine rings is 1. The summed E-state index contributed by atoms with van der Waals surface area (Å²) < 4.78 is 34.9. The van der Waals surface area contributed by atoms with Crippen LogP contribution in [0.2, 0.25) is 0 Å². The molecule has 1 aromatic carbocycles. The van der Waals surface area contributed by atoms with Crippen molar-refractivity contribution in [2.75, 3.05) is 31.5 Å². The predicted molar refractivity (Wildman–Crippen MR) is 167 cm³/mol. The van der Waals surface area contributed by atoms with E-state index in [1.807, 2.05) is 13.8 Å². The number of rotatable bonds is 11. The summed E-state index contributed by atoms with van der Waals surface area (Å²) in [5.74, 6) is -0.116. The van der Waals surface area contributed by atoms with Crippen LogP contribution in [-0.4, -0.2) is 89.3 Å². The Labute approximate surface area is 268 Å². The number of aliphatic hydroxyl groups is 1. The second-order valence-electron chi connectivity index (χ2n) is 11.7. The summed E-state index contributed by atoms with van der Waals surface area (Å²) in [5, 5.41) is 32.5. The number of nitrogens with one attached hydrogen (secondary N) is 1. The van der Waals surface area contributed by atoms with Gasteiger partial charge in [-0.3, -0.25) is 14.4 Å². The van der Waals surface area contributed by atoms with Crippen LogP contribution in [0.15, 0.2) is 53.9 Å². The van der Waals surface area contributed by atoms with Crippen LogP contribution in [0.5, 0.6) is 5.75 Å². The number of aromatic nitrogens is 5. The van der Waals surface area contributed by atoms with Crippen LogP contribution in [0.25, 0.3) is 16.9 Å². The van der Waals surface area contributed by atoms with Crippen LogP contribution >= 0.6 is 11.8 Å². The van der Waals surface area contributed by atoms with E-state index in [1.54, 1.807) is 53.5 Å². The number of hydrogen-bond donors (Lipinski definition) is 2. The number of halogens is 2. The first-order valence-electron chi connectivity index (χ1n) is 15.2. The lowest BCUT2D eigenvalue weighted by Crippen LogP contribution is -2.55. The van der Waals surface area contributed by atoms with Crippen LogP contribution in [0.4, 0.5) is 14.5 Å². The maximum atomic E-state index is 13.5. The Morgan fingerprint density at radius 1 is 1.26 bits per heavy atom. The van der Waals surface area contributed by atoms with Crippen molar-refractivity contribution in [2.24, 2.45) is 5.92 Å². The number of alkyl halides is 2. The molecule has 0 bridgehead atoms. The van der Waals surface area contributed by atoms with Gasteiger partial charge in [0.25, 0.3) is 0 Å². The van der Waals surface area contributed by atoms with Gasteiger partial charge in [-0.05, 0) is 37.1 Å². The number of carbonyl (C=O) groups is 1. The van der Waals surface area contributed by atoms with E-state index in [1.165, 1.54) is 21.5 Å². The van der Waals surface area contributed by atoms with Gasteiger partial charge in [-0.25, -0.2) is 9.50 Å². The zero-order chi connectivity index (χ0) is 32.4. The number of nitriles is 1. The minimum atomic E-state index is -3.07. The summed E-state index contributed by atoms with van der Waals surface area (Å²) in [5.41, 5.74) is 1.67. The normalized spacial score (nSPS) is 17.0. The molecule has 46 heavy (non-hydrogen) atoms. The molecule has 0 saturated carbocycles. The molecule has 2 aliphatic heterocycles. The summed E-state index contributed by atoms with van der Waals surface area (Å²) in [4.78, 5) is 22.7. The fourth-order valence-electron chi connectivity index (χ4n) is 5.92. The SMILES string of the molecule is CC(C)Sc1ccc(OC(F)F)c(-c2nn(CC(=O)N3CCC(N4CC(C#N)C4)CC3)cc2NC(O)c2cnn3cccnc23)c1. The number of aliphatic hydroxyl groups excluding tert-OH is 1. The van der Waals surface area contributed by atoms with Crippen LogP contribution in [0.1, 0.15) is 38.5 Å². The topological polar surface area (TPSA) is 137 Å². The molecule has 242 valence electrons. The number of thioether (sulfide) groups is 1. The Kier molecular flexibility index (Phi) is 9.39. The Hall–Kier alpha value is -4.26. The van der Waals surface area contributed by atoms with E-state index in [-0.39, 0.29) is 40.6 Å². The first-order valence-corrected chi connectivity index (χ1v) is 16.0. The number of ether oxygens (including phenoxy) is 1. The van der Waals surface area contributed by atoms with Gasteiger partial charge in [0.05, 0.1) is 29.4 Å². The number of amides is 1. The van der Waals surface area contributed by atoms with E-state index >= 15 is 0 Å². The largest absolute Gasteiger partial charge is 0.434 e. The monoisotopic (exact) mass is 651 g/mol. The Morgan fingerprint density at radius 3 is 2.76 bits per heavy atom. The minimum Gasteiger partial charge on any atom is -0.434 e. The number of hydrogen-bond acceptors (Lipinski definition) is 10. The molecule has 15 heteroatoms. The average molecular weight is 652 g/mol. The average Bonchev–Trinajstić information content (AvgIpc) is 3.61. The zero-order valence-electron chi connectivity index (χ0n) is 25.5. The van der Waals surface area contributed by atoms with Gasteiger partial charge in [-0.15, -0.1) is 11.8 Å². The lowest BCUT2D eigenvalue weighted by Gasteiger charge is -2.45. The van der Waals surface area contributed by atoms with Gasteiger partial charge in [-0.2, -0.15) is 24.2 Å². The van der Waals surface area contributed by atoms with Crippen LogP contribution in [0, 0.1) is 17.2 Å². The number of nitrogens with zero attached hydrogens (tertiary/aromatic N) is 8. The van der Waals surface area contributed by atoms with Crippen molar-refractivity contribution < 1.29 is 23.4 Å². The van der Waals surface area contributed by atoms with Crippen molar-refractivity contribution in [1.82, 2.24) is 34.2 Å². The number of benzene rings is 1. The van der Waals surface area contributed by atoms with E-state index < -0.39 is 12.8 Å². The van der Waals surface area contributed by atoms with E-state index in [2.05, 4.69) is 31.5 Å². The summed E-state index contributed by atoms with van der Waals surface area (Å²) >= 11 is 1.55. The summed E-state index contributed by atoms with van der Waals surface area (Å²) in [7, 11) is 0. The third-order valence-corrected chi connectivity index (χ3v) is 9.17. The molecule has 1 amide bonds. The maximum Gasteiger partial charge on any atom is 0.387 e. The molecule has 1 unspecified atom stereocenters. The smallest absolute Gasteiger partial charge is 0.387 e. The number of carbonyl (C=O) groups excluding carboxylic acids is 1. The molecular formula is C31H35F2N9O3S. The highest BCUT2D eigenvalue weighted by Gasteiger charge is 2.35. The number of fused-ring (bicyclic) bond motifs is 1. The molecule has 0 aliphatic carbocycles. The van der Waals surface area contributed by atoms with Crippen molar-refractivity contribution >= 4 is 29.0 Å². The molecule has 0 spiro atoms. The molecule has 2 fully saturated rings. The minimum absolute atomic E-state index is 0.0819. The standard InChI is InChI=1S/C31H35F2N9O3S/c1-19(2)46-22-4-5-26(45-31(32)33)23(12-22)28-25(37-30(44)24-14-36-42-9-3-8-35-29(24)42)17-41(38-28)18-27(43)39-10-6-21(7-11-39)40-15-20(13-34)16-40/h3-5,8-9,12,14,17,19-21,30-31,37,44H,6-7,10-11,15-16,18H2,1-2H3. The molecule has 4 aromatic rings. The maximum absolute atomic E-state index is 13.5. The Morgan fingerprint density at radius 2 is 2.04 bits per heavy atom. The van der Waals surface area contributed by atoms with Gasteiger partial charge >= 0.3 is 6.61 Å². The van der Waals surface area contributed by atoms with Gasteiger partial charge in [0.2, 0.25) is 5.91 Å². The lowest BCUT2D eigenvalue weighted by molar-refractivity contribution is -0.134. The molecular weight excluding hydrogens is 616 g/mol. The van der Waals surface area contributed by atoms with E-state index in [4.69, 9.17) is 10.00 Å². The lowest BCUT2D eigenvalue weighted by atomic mass is 9.94. The fourth-order valence-corrected chi connectivity index (χ4v) is 6.80. The molecule has 3 aromatic heterocycles. The third-order valence-electron chi connectivity index (χ3n) is 8.17. The first-order chi connectivity index (χ1) is 22.2. The van der Waals surface area contributed by atoms with Gasteiger partial charge in [0, 0.05) is 66.5 Å². The van der Waals surface area contributed by atoms with Crippen molar-refractivity contribution in [2.45, 2.75) is 62.3 Å². The van der Waals surface area contributed by atoms with Crippen molar-refractivity contribution in [3.05, 3.63) is 54.6 Å². The predicted octanol–water partition coefficient (Wildman–Crippen LogP) is 4.24. The van der Waals surface area contributed by atoms with Crippen molar-refractivity contribution in [1.29, 1.82) is 5.26 Å². The molecule has 6 rings (SSSR count). The highest BCUT2D eigenvalue weighted by molar-refractivity contribution is 7.99. The molecule has 0 radical (unpaired) electrons. The van der Waals surface area contributed by atoms with Crippen molar-refractivity contribution in [3.63, 3.8) is 0 Å².